The molecule has 0 aromatic heterocycles. The van der Waals surface area contributed by atoms with Crippen LogP contribution >= 0.6 is 11.6 Å². The number of hydrogen-bond acceptors (Lipinski definition) is 4. The van der Waals surface area contributed by atoms with E-state index in [2.05, 4.69) is 5.32 Å². The SMILES string of the molecule is CC(C)(Oc1ccc(Cl)cc1)C(=O)Nc1ccc2c(c1)OCCCO2. The van der Waals surface area contributed by atoms with Crippen molar-refractivity contribution >= 4 is 23.2 Å². The molecule has 0 aliphatic carbocycles. The van der Waals surface area contributed by atoms with E-state index in [4.69, 9.17) is 25.8 Å². The number of nitrogens with one attached hydrogen (secondary N) is 1. The average Bonchev–Trinajstić information content (AvgIpc) is 2.81. The Hall–Kier alpha value is -2.40. The Balaban J connectivity index is 1.70. The van der Waals surface area contributed by atoms with E-state index >= 15 is 0 Å². The molecule has 0 atom stereocenters. The van der Waals surface area contributed by atoms with Crippen molar-refractivity contribution < 1.29 is 19.0 Å². The van der Waals surface area contributed by atoms with Gasteiger partial charge in [0.05, 0.1) is 13.2 Å². The van der Waals surface area contributed by atoms with E-state index in [-0.39, 0.29) is 5.91 Å². The Morgan fingerprint density at radius 3 is 2.48 bits per heavy atom. The molecule has 6 heteroatoms. The zero-order valence-corrected chi connectivity index (χ0v) is 14.9. The maximum atomic E-state index is 12.6. The summed E-state index contributed by atoms with van der Waals surface area (Å²) in [6, 6.07) is 12.2. The van der Waals surface area contributed by atoms with Gasteiger partial charge in [-0.1, -0.05) is 11.6 Å². The van der Waals surface area contributed by atoms with Gasteiger partial charge in [-0.3, -0.25) is 4.79 Å². The lowest BCUT2D eigenvalue weighted by molar-refractivity contribution is -0.128. The van der Waals surface area contributed by atoms with Crippen molar-refractivity contribution in [1.82, 2.24) is 0 Å². The van der Waals surface area contributed by atoms with Gasteiger partial charge in [0.1, 0.15) is 5.75 Å². The highest BCUT2D eigenvalue weighted by molar-refractivity contribution is 6.30. The average molecular weight is 362 g/mol. The maximum Gasteiger partial charge on any atom is 0.267 e. The summed E-state index contributed by atoms with van der Waals surface area (Å²) in [4.78, 5) is 12.6. The van der Waals surface area contributed by atoms with E-state index in [1.54, 1.807) is 56.3 Å². The second kappa shape index (κ2) is 7.23. The Kier molecular flexibility index (Phi) is 5.04. The molecule has 0 saturated carbocycles. The standard InChI is InChI=1S/C19H20ClNO4/c1-19(2,25-15-7-4-13(20)5-8-15)18(22)21-14-6-9-16-17(12-14)24-11-3-10-23-16/h4-9,12H,3,10-11H2,1-2H3,(H,21,22). The normalized spacial score (nSPS) is 13.7. The van der Waals surface area contributed by atoms with E-state index in [0.717, 1.165) is 6.42 Å². The number of hydrogen-bond donors (Lipinski definition) is 1. The van der Waals surface area contributed by atoms with Crippen molar-refractivity contribution in [3.63, 3.8) is 0 Å². The minimum absolute atomic E-state index is 0.267. The van der Waals surface area contributed by atoms with Gasteiger partial charge in [-0.15, -0.1) is 0 Å². The van der Waals surface area contributed by atoms with Gasteiger partial charge in [0.2, 0.25) is 0 Å². The number of carbonyl (C=O) groups excluding carboxylic acids is 1. The number of benzene rings is 2. The molecule has 1 heterocycles. The molecule has 132 valence electrons. The molecule has 0 fully saturated rings. The molecule has 1 amide bonds. The van der Waals surface area contributed by atoms with Crippen molar-refractivity contribution in [2.75, 3.05) is 18.5 Å². The first-order chi connectivity index (χ1) is 11.9. The van der Waals surface area contributed by atoms with E-state index in [9.17, 15) is 4.79 Å². The van der Waals surface area contributed by atoms with Gasteiger partial charge < -0.3 is 19.5 Å². The number of anilines is 1. The third-order valence-electron chi connectivity index (χ3n) is 3.74. The molecule has 3 rings (SSSR count). The second-order valence-electron chi connectivity index (χ2n) is 6.23. The number of ether oxygens (including phenoxy) is 3. The Labute approximate surface area is 151 Å². The molecule has 2 aromatic carbocycles. The van der Waals surface area contributed by atoms with Crippen LogP contribution < -0.4 is 19.5 Å². The zero-order valence-electron chi connectivity index (χ0n) is 14.2. The van der Waals surface area contributed by atoms with Crippen LogP contribution in [0.1, 0.15) is 20.3 Å². The molecular formula is C19H20ClNO4. The van der Waals surface area contributed by atoms with E-state index < -0.39 is 5.60 Å². The summed E-state index contributed by atoms with van der Waals surface area (Å²) in [5.41, 5.74) is -0.431. The molecule has 1 aliphatic heterocycles. The van der Waals surface area contributed by atoms with Crippen molar-refractivity contribution in [2.45, 2.75) is 25.9 Å². The highest BCUT2D eigenvalue weighted by atomic mass is 35.5. The topological polar surface area (TPSA) is 56.8 Å². The lowest BCUT2D eigenvalue weighted by Crippen LogP contribution is -2.42. The van der Waals surface area contributed by atoms with Crippen molar-refractivity contribution in [2.24, 2.45) is 0 Å². The van der Waals surface area contributed by atoms with Crippen LogP contribution in [0.5, 0.6) is 17.2 Å². The first kappa shape index (κ1) is 17.4. The van der Waals surface area contributed by atoms with Crippen LogP contribution in [-0.2, 0) is 4.79 Å². The van der Waals surface area contributed by atoms with Crippen LogP contribution in [0.3, 0.4) is 0 Å². The number of rotatable bonds is 4. The lowest BCUT2D eigenvalue weighted by Gasteiger charge is -2.25. The van der Waals surface area contributed by atoms with Gasteiger partial charge in [0, 0.05) is 23.2 Å². The first-order valence-electron chi connectivity index (χ1n) is 8.10. The molecule has 25 heavy (non-hydrogen) atoms. The number of amides is 1. The van der Waals surface area contributed by atoms with Gasteiger partial charge in [0.25, 0.3) is 5.91 Å². The largest absolute Gasteiger partial charge is 0.490 e. The molecule has 0 radical (unpaired) electrons. The van der Waals surface area contributed by atoms with E-state index in [0.29, 0.717) is 41.2 Å². The van der Waals surface area contributed by atoms with Gasteiger partial charge in [-0.25, -0.2) is 0 Å². The molecule has 0 saturated heterocycles. The molecule has 1 aliphatic rings. The van der Waals surface area contributed by atoms with Crippen LogP contribution in [-0.4, -0.2) is 24.7 Å². The van der Waals surface area contributed by atoms with Crippen LogP contribution in [0.15, 0.2) is 42.5 Å². The van der Waals surface area contributed by atoms with E-state index in [1.165, 1.54) is 0 Å². The minimum atomic E-state index is -1.06. The van der Waals surface area contributed by atoms with Gasteiger partial charge >= 0.3 is 0 Å². The summed E-state index contributed by atoms with van der Waals surface area (Å²) in [6.07, 6.45) is 0.832. The van der Waals surface area contributed by atoms with Crippen molar-refractivity contribution in [3.05, 3.63) is 47.5 Å². The summed E-state index contributed by atoms with van der Waals surface area (Å²) in [6.45, 7) is 4.64. The van der Waals surface area contributed by atoms with Gasteiger partial charge in [0.15, 0.2) is 17.1 Å². The van der Waals surface area contributed by atoms with Crippen LogP contribution in [0.25, 0.3) is 0 Å². The Bertz CT molecular complexity index is 759. The summed E-state index contributed by atoms with van der Waals surface area (Å²) in [7, 11) is 0. The van der Waals surface area contributed by atoms with Crippen LogP contribution in [0, 0.1) is 0 Å². The second-order valence-corrected chi connectivity index (χ2v) is 6.67. The fourth-order valence-corrected chi connectivity index (χ4v) is 2.49. The number of carbonyl (C=O) groups is 1. The highest BCUT2D eigenvalue weighted by Crippen LogP contribution is 2.32. The summed E-state index contributed by atoms with van der Waals surface area (Å²) in [5.74, 6) is 1.62. The predicted octanol–water partition coefficient (Wildman–Crippen LogP) is 4.30. The molecule has 1 N–H and O–H groups in total. The molecule has 5 nitrogen and oxygen atoms in total. The van der Waals surface area contributed by atoms with E-state index in [1.807, 2.05) is 0 Å². The smallest absolute Gasteiger partial charge is 0.267 e. The fourth-order valence-electron chi connectivity index (χ4n) is 2.37. The van der Waals surface area contributed by atoms with Crippen LogP contribution in [0.4, 0.5) is 5.69 Å². The minimum Gasteiger partial charge on any atom is -0.490 e. The van der Waals surface area contributed by atoms with Crippen molar-refractivity contribution in [3.8, 4) is 17.2 Å². The van der Waals surface area contributed by atoms with Crippen molar-refractivity contribution in [1.29, 1.82) is 0 Å². The summed E-state index contributed by atoms with van der Waals surface area (Å²) < 4.78 is 17.0. The molecule has 0 bridgehead atoms. The Morgan fingerprint density at radius 1 is 1.08 bits per heavy atom. The van der Waals surface area contributed by atoms with Gasteiger partial charge in [-0.05, 0) is 50.2 Å². The number of fused-ring (bicyclic) bond motifs is 1. The molecule has 0 spiro atoms. The third-order valence-corrected chi connectivity index (χ3v) is 3.99. The summed E-state index contributed by atoms with van der Waals surface area (Å²) in [5, 5.41) is 3.47. The van der Waals surface area contributed by atoms with Crippen LogP contribution in [0.2, 0.25) is 5.02 Å². The number of halogens is 1. The maximum absolute atomic E-state index is 12.6. The quantitative estimate of drug-likeness (QED) is 0.882. The first-order valence-corrected chi connectivity index (χ1v) is 8.47. The molecule has 2 aromatic rings. The third kappa shape index (κ3) is 4.37. The summed E-state index contributed by atoms with van der Waals surface area (Å²) >= 11 is 5.87. The predicted molar refractivity (Wildman–Crippen MR) is 96.8 cm³/mol. The fraction of sp³-hybridized carbons (Fsp3) is 0.316. The lowest BCUT2D eigenvalue weighted by atomic mass is 10.1. The highest BCUT2D eigenvalue weighted by Gasteiger charge is 2.30. The molecule has 0 unspecified atom stereocenters. The zero-order chi connectivity index (χ0) is 17.9. The van der Waals surface area contributed by atoms with Gasteiger partial charge in [-0.2, -0.15) is 0 Å². The Morgan fingerprint density at radius 2 is 1.76 bits per heavy atom. The monoisotopic (exact) mass is 361 g/mol. The molecular weight excluding hydrogens is 342 g/mol.